The molecular weight excluding hydrogens is 236 g/mol. The van der Waals surface area contributed by atoms with Gasteiger partial charge in [-0.15, -0.1) is 0 Å². The topological polar surface area (TPSA) is 41.1 Å². The van der Waals surface area contributed by atoms with Crippen LogP contribution in [-0.4, -0.2) is 19.0 Å². The average Bonchev–Trinajstić information content (AvgIpc) is 2.89. The van der Waals surface area contributed by atoms with Crippen LogP contribution in [-0.2, 0) is 4.79 Å². The molecular formula is C16H24N2O. The molecule has 0 bridgehead atoms. The first-order valence-corrected chi connectivity index (χ1v) is 7.20. The van der Waals surface area contributed by atoms with Crippen LogP contribution in [0, 0.1) is 5.41 Å². The molecule has 1 atom stereocenters. The molecule has 1 unspecified atom stereocenters. The number of carbonyl (C=O) groups is 1. The van der Waals surface area contributed by atoms with Gasteiger partial charge in [-0.2, -0.15) is 0 Å². The van der Waals surface area contributed by atoms with E-state index in [0.717, 1.165) is 31.6 Å². The van der Waals surface area contributed by atoms with Gasteiger partial charge in [-0.3, -0.25) is 4.79 Å². The molecule has 2 N–H and O–H groups in total. The first-order valence-electron chi connectivity index (χ1n) is 7.20. The molecule has 0 aromatic heterocycles. The molecule has 19 heavy (non-hydrogen) atoms. The third kappa shape index (κ3) is 2.81. The molecule has 1 amide bonds. The van der Waals surface area contributed by atoms with E-state index in [1.54, 1.807) is 0 Å². The Morgan fingerprint density at radius 3 is 2.74 bits per heavy atom. The van der Waals surface area contributed by atoms with Crippen molar-refractivity contribution in [2.24, 2.45) is 5.41 Å². The average molecular weight is 260 g/mol. The Morgan fingerprint density at radius 1 is 1.42 bits per heavy atom. The molecule has 0 radical (unpaired) electrons. The molecule has 1 fully saturated rings. The zero-order valence-electron chi connectivity index (χ0n) is 12.1. The summed E-state index contributed by atoms with van der Waals surface area (Å²) in [7, 11) is 0. The van der Waals surface area contributed by atoms with E-state index in [1.807, 2.05) is 18.2 Å². The van der Waals surface area contributed by atoms with E-state index in [0.29, 0.717) is 5.92 Å². The lowest BCUT2D eigenvalue weighted by Gasteiger charge is -2.26. The first kappa shape index (κ1) is 14.1. The van der Waals surface area contributed by atoms with Crippen molar-refractivity contribution in [3.05, 3.63) is 29.8 Å². The minimum Gasteiger partial charge on any atom is -0.325 e. The summed E-state index contributed by atoms with van der Waals surface area (Å²) in [6.45, 7) is 8.13. The van der Waals surface area contributed by atoms with Gasteiger partial charge >= 0.3 is 0 Å². The summed E-state index contributed by atoms with van der Waals surface area (Å²) >= 11 is 0. The van der Waals surface area contributed by atoms with Crippen molar-refractivity contribution in [3.8, 4) is 0 Å². The van der Waals surface area contributed by atoms with Gasteiger partial charge in [0.2, 0.25) is 5.91 Å². The third-order valence-corrected chi connectivity index (χ3v) is 4.23. The summed E-state index contributed by atoms with van der Waals surface area (Å²) in [5.74, 6) is 0.573. The normalized spacial score (nSPS) is 22.7. The maximum atomic E-state index is 12.6. The molecule has 2 rings (SSSR count). The zero-order valence-corrected chi connectivity index (χ0v) is 12.1. The van der Waals surface area contributed by atoms with Crippen molar-refractivity contribution >= 4 is 11.6 Å². The molecule has 1 aliphatic heterocycles. The molecule has 1 aromatic carbocycles. The van der Waals surface area contributed by atoms with E-state index >= 15 is 0 Å². The molecule has 1 heterocycles. The van der Waals surface area contributed by atoms with Gasteiger partial charge in [-0.25, -0.2) is 0 Å². The highest BCUT2D eigenvalue weighted by molar-refractivity contribution is 5.96. The number of nitrogens with one attached hydrogen (secondary N) is 2. The van der Waals surface area contributed by atoms with Gasteiger partial charge in [-0.1, -0.05) is 39.0 Å². The van der Waals surface area contributed by atoms with Gasteiger partial charge in [0.15, 0.2) is 0 Å². The van der Waals surface area contributed by atoms with E-state index in [9.17, 15) is 4.79 Å². The van der Waals surface area contributed by atoms with Crippen LogP contribution >= 0.6 is 0 Å². The van der Waals surface area contributed by atoms with E-state index in [4.69, 9.17) is 0 Å². The molecule has 1 aromatic rings. The third-order valence-electron chi connectivity index (χ3n) is 4.23. The van der Waals surface area contributed by atoms with E-state index in [-0.39, 0.29) is 11.3 Å². The van der Waals surface area contributed by atoms with E-state index in [1.165, 1.54) is 5.56 Å². The number of hydrogen-bond donors (Lipinski definition) is 2. The Bertz CT molecular complexity index is 448. The van der Waals surface area contributed by atoms with Gasteiger partial charge in [0, 0.05) is 12.2 Å². The van der Waals surface area contributed by atoms with Crippen LogP contribution in [0.15, 0.2) is 24.3 Å². The summed E-state index contributed by atoms with van der Waals surface area (Å²) in [5.41, 5.74) is 1.93. The van der Waals surface area contributed by atoms with Crippen LogP contribution in [0.5, 0.6) is 0 Å². The van der Waals surface area contributed by atoms with Gasteiger partial charge in [0.05, 0.1) is 5.41 Å². The predicted octanol–water partition coefficient (Wildman–Crippen LogP) is 3.14. The monoisotopic (exact) mass is 260 g/mol. The van der Waals surface area contributed by atoms with Gasteiger partial charge in [0.25, 0.3) is 0 Å². The highest BCUT2D eigenvalue weighted by atomic mass is 16.2. The molecule has 0 spiro atoms. The van der Waals surface area contributed by atoms with Gasteiger partial charge in [-0.05, 0) is 36.9 Å². The van der Waals surface area contributed by atoms with Crippen LogP contribution in [0.1, 0.15) is 45.1 Å². The first-order chi connectivity index (χ1) is 9.09. The van der Waals surface area contributed by atoms with Gasteiger partial charge in [0.1, 0.15) is 0 Å². The fourth-order valence-corrected chi connectivity index (χ4v) is 2.77. The van der Waals surface area contributed by atoms with E-state index in [2.05, 4.69) is 37.5 Å². The maximum Gasteiger partial charge on any atom is 0.231 e. The number of para-hydroxylation sites is 1. The second kappa shape index (κ2) is 5.74. The fraction of sp³-hybridized carbons (Fsp3) is 0.562. The quantitative estimate of drug-likeness (QED) is 0.873. The van der Waals surface area contributed by atoms with Crippen LogP contribution in [0.2, 0.25) is 0 Å². The fourth-order valence-electron chi connectivity index (χ4n) is 2.77. The van der Waals surface area contributed by atoms with E-state index < -0.39 is 0 Å². The summed E-state index contributed by atoms with van der Waals surface area (Å²) < 4.78 is 0. The Hall–Kier alpha value is -1.35. The molecule has 3 nitrogen and oxygen atoms in total. The SMILES string of the molecule is CCC1(C(=O)Nc2ccccc2C(C)C)CCNC1. The van der Waals surface area contributed by atoms with Crippen LogP contribution in [0.4, 0.5) is 5.69 Å². The Kier molecular flexibility index (Phi) is 4.25. The van der Waals surface area contributed by atoms with Crippen molar-refractivity contribution in [2.45, 2.75) is 39.5 Å². The largest absolute Gasteiger partial charge is 0.325 e. The molecule has 3 heteroatoms. The van der Waals surface area contributed by atoms with Crippen LogP contribution in [0.25, 0.3) is 0 Å². The summed E-state index contributed by atoms with van der Waals surface area (Å²) in [6, 6.07) is 8.09. The van der Waals surface area contributed by atoms with Crippen molar-refractivity contribution in [1.29, 1.82) is 0 Å². The highest BCUT2D eigenvalue weighted by Gasteiger charge is 2.39. The van der Waals surface area contributed by atoms with Crippen molar-refractivity contribution in [2.75, 3.05) is 18.4 Å². The molecule has 0 aliphatic carbocycles. The summed E-state index contributed by atoms with van der Waals surface area (Å²) in [4.78, 5) is 12.6. The maximum absolute atomic E-state index is 12.6. The number of carbonyl (C=O) groups excluding carboxylic acids is 1. The number of hydrogen-bond acceptors (Lipinski definition) is 2. The lowest BCUT2D eigenvalue weighted by Crippen LogP contribution is -2.37. The lowest BCUT2D eigenvalue weighted by atomic mass is 9.83. The smallest absolute Gasteiger partial charge is 0.231 e. The highest BCUT2D eigenvalue weighted by Crippen LogP contribution is 2.32. The second-order valence-corrected chi connectivity index (χ2v) is 5.76. The standard InChI is InChI=1S/C16H24N2O/c1-4-16(9-10-17-11-16)15(19)18-14-8-6-5-7-13(14)12(2)3/h5-8,12,17H,4,9-11H2,1-3H3,(H,18,19). The number of amides is 1. The van der Waals surface area contributed by atoms with Crippen molar-refractivity contribution in [1.82, 2.24) is 5.32 Å². The van der Waals surface area contributed by atoms with Crippen molar-refractivity contribution in [3.63, 3.8) is 0 Å². The number of benzene rings is 1. The minimum atomic E-state index is -0.232. The number of anilines is 1. The minimum absolute atomic E-state index is 0.160. The predicted molar refractivity (Wildman–Crippen MR) is 79.4 cm³/mol. The Labute approximate surface area is 115 Å². The summed E-state index contributed by atoms with van der Waals surface area (Å²) in [6.07, 6.45) is 1.81. The van der Waals surface area contributed by atoms with Gasteiger partial charge < -0.3 is 10.6 Å². The van der Waals surface area contributed by atoms with Crippen LogP contribution < -0.4 is 10.6 Å². The number of rotatable bonds is 4. The molecule has 1 aliphatic rings. The second-order valence-electron chi connectivity index (χ2n) is 5.76. The Morgan fingerprint density at radius 2 is 2.16 bits per heavy atom. The van der Waals surface area contributed by atoms with Crippen LogP contribution in [0.3, 0.4) is 0 Å². The van der Waals surface area contributed by atoms with Crippen molar-refractivity contribution < 1.29 is 4.79 Å². The molecule has 1 saturated heterocycles. The zero-order chi connectivity index (χ0) is 13.9. The molecule has 104 valence electrons. The summed E-state index contributed by atoms with van der Waals surface area (Å²) in [5, 5.41) is 6.45. The lowest BCUT2D eigenvalue weighted by molar-refractivity contribution is -0.124. The Balaban J connectivity index is 2.19. The molecule has 0 saturated carbocycles.